The highest BCUT2D eigenvalue weighted by Crippen LogP contribution is 2.37. The van der Waals surface area contributed by atoms with Crippen LogP contribution in [0.5, 0.6) is 0 Å². The van der Waals surface area contributed by atoms with Gasteiger partial charge in [0.1, 0.15) is 0 Å². The summed E-state index contributed by atoms with van der Waals surface area (Å²) in [6, 6.07) is 24.4. The number of hydrogen-bond acceptors (Lipinski definition) is 3. The molecule has 5 rings (SSSR count). The zero-order valence-electron chi connectivity index (χ0n) is 20.5. The second-order valence-electron chi connectivity index (χ2n) is 9.43. The van der Waals surface area contributed by atoms with E-state index in [0.29, 0.717) is 6.04 Å². The molecule has 0 radical (unpaired) electrons. The fourth-order valence-electron chi connectivity index (χ4n) is 5.21. The number of aromatic amines is 1. The Labute approximate surface area is 207 Å². The lowest BCUT2D eigenvalue weighted by molar-refractivity contribution is -0.134. The number of rotatable bonds is 8. The van der Waals surface area contributed by atoms with E-state index >= 15 is 0 Å². The number of esters is 1. The Bertz CT molecular complexity index is 1350. The maximum absolute atomic E-state index is 11.5. The molecule has 0 saturated carbocycles. The van der Waals surface area contributed by atoms with Gasteiger partial charge in [-0.05, 0) is 66.1 Å². The van der Waals surface area contributed by atoms with E-state index in [1.165, 1.54) is 51.9 Å². The van der Waals surface area contributed by atoms with Crippen LogP contribution in [-0.4, -0.2) is 29.5 Å². The van der Waals surface area contributed by atoms with Crippen LogP contribution in [0.15, 0.2) is 79.0 Å². The van der Waals surface area contributed by atoms with E-state index < -0.39 is 0 Å². The highest BCUT2D eigenvalue weighted by atomic mass is 16.5. The molecule has 0 bridgehead atoms. The molecule has 1 atom stereocenters. The molecule has 1 unspecified atom stereocenters. The SMILES string of the molecule is COC(=O)/C=C/c1ccc2c(c1)CCC2N(CCc1c[nH]c2ccccc12)Cc1ccc(C)cc1. The summed E-state index contributed by atoms with van der Waals surface area (Å²) < 4.78 is 4.73. The molecule has 0 aliphatic heterocycles. The molecule has 1 heterocycles. The second kappa shape index (κ2) is 10.3. The van der Waals surface area contributed by atoms with E-state index in [1.807, 2.05) is 6.08 Å². The predicted molar refractivity (Wildman–Crippen MR) is 142 cm³/mol. The van der Waals surface area contributed by atoms with Crippen LogP contribution < -0.4 is 0 Å². The minimum absolute atomic E-state index is 0.329. The number of fused-ring (bicyclic) bond motifs is 2. The van der Waals surface area contributed by atoms with Crippen molar-refractivity contribution < 1.29 is 9.53 Å². The van der Waals surface area contributed by atoms with Crippen LogP contribution in [0.1, 0.15) is 45.8 Å². The highest BCUT2D eigenvalue weighted by molar-refractivity contribution is 5.87. The standard InChI is InChI=1S/C31H32N2O2/c1-22-7-9-24(10-8-22)21-33(18-17-26-20-32-29-6-4-3-5-27(26)29)30-15-13-25-19-23(11-14-28(25)30)12-16-31(34)35-2/h3-12,14,16,19-20,30,32H,13,15,17-18,21H2,1-2H3/b16-12+. The van der Waals surface area contributed by atoms with Gasteiger partial charge in [0.25, 0.3) is 0 Å². The molecule has 0 amide bonds. The number of aryl methyl sites for hydroxylation is 2. The van der Waals surface area contributed by atoms with Gasteiger partial charge in [0.2, 0.25) is 0 Å². The van der Waals surface area contributed by atoms with E-state index in [0.717, 1.165) is 37.9 Å². The molecule has 1 aromatic heterocycles. The Kier molecular flexibility index (Phi) is 6.82. The number of nitrogens with one attached hydrogen (secondary N) is 1. The first-order valence-corrected chi connectivity index (χ1v) is 12.3. The third-order valence-electron chi connectivity index (χ3n) is 7.12. The first-order chi connectivity index (χ1) is 17.1. The van der Waals surface area contributed by atoms with Gasteiger partial charge in [0.05, 0.1) is 7.11 Å². The number of H-pyrrole nitrogens is 1. The summed E-state index contributed by atoms with van der Waals surface area (Å²) >= 11 is 0. The normalized spacial score (nSPS) is 15.2. The molecule has 1 aliphatic rings. The van der Waals surface area contributed by atoms with E-state index in [4.69, 9.17) is 4.74 Å². The summed E-state index contributed by atoms with van der Waals surface area (Å²) in [7, 11) is 1.40. The first kappa shape index (κ1) is 23.1. The third kappa shape index (κ3) is 5.23. The third-order valence-corrected chi connectivity index (χ3v) is 7.12. The molecule has 4 nitrogen and oxygen atoms in total. The molecule has 35 heavy (non-hydrogen) atoms. The molecule has 0 saturated heterocycles. The van der Waals surface area contributed by atoms with Crippen LogP contribution in [0.25, 0.3) is 17.0 Å². The molecule has 1 aliphatic carbocycles. The van der Waals surface area contributed by atoms with Gasteiger partial charge in [-0.1, -0.05) is 66.2 Å². The number of carbonyl (C=O) groups excluding carboxylic acids is 1. The average molecular weight is 465 g/mol. The minimum atomic E-state index is -0.329. The van der Waals surface area contributed by atoms with Crippen molar-refractivity contribution in [2.24, 2.45) is 0 Å². The molecule has 0 fully saturated rings. The summed E-state index contributed by atoms with van der Waals surface area (Å²) in [4.78, 5) is 17.6. The van der Waals surface area contributed by atoms with Gasteiger partial charge in [0.15, 0.2) is 0 Å². The number of carbonyl (C=O) groups is 1. The maximum atomic E-state index is 11.5. The van der Waals surface area contributed by atoms with Gasteiger partial charge < -0.3 is 9.72 Å². The summed E-state index contributed by atoms with van der Waals surface area (Å²) in [5.74, 6) is -0.329. The van der Waals surface area contributed by atoms with Crippen molar-refractivity contribution in [3.8, 4) is 0 Å². The summed E-state index contributed by atoms with van der Waals surface area (Å²) in [6.45, 7) is 4.05. The lowest BCUT2D eigenvalue weighted by Gasteiger charge is -2.30. The molecule has 1 N–H and O–H groups in total. The van der Waals surface area contributed by atoms with Crippen LogP contribution >= 0.6 is 0 Å². The molecular formula is C31H32N2O2. The zero-order chi connectivity index (χ0) is 24.2. The number of aromatic nitrogens is 1. The van der Waals surface area contributed by atoms with Gasteiger partial charge in [-0.2, -0.15) is 0 Å². The Hall–Kier alpha value is -3.63. The largest absolute Gasteiger partial charge is 0.466 e. The lowest BCUT2D eigenvalue weighted by atomic mass is 10.0. The maximum Gasteiger partial charge on any atom is 0.330 e. The summed E-state index contributed by atoms with van der Waals surface area (Å²) in [6.07, 6.45) is 8.65. The van der Waals surface area contributed by atoms with Crippen LogP contribution in [0.3, 0.4) is 0 Å². The van der Waals surface area contributed by atoms with Gasteiger partial charge in [-0.15, -0.1) is 0 Å². The fraction of sp³-hybridized carbons (Fsp3) is 0.258. The van der Waals surface area contributed by atoms with E-state index in [9.17, 15) is 4.79 Å². The molecule has 3 aromatic carbocycles. The molecule has 0 spiro atoms. The van der Waals surface area contributed by atoms with Crippen molar-refractivity contribution >= 4 is 22.9 Å². The van der Waals surface area contributed by atoms with Crippen LogP contribution in [0, 0.1) is 6.92 Å². The number of nitrogens with zero attached hydrogens (tertiary/aromatic N) is 1. The molecular weight excluding hydrogens is 432 g/mol. The Morgan fingerprint density at radius 2 is 1.94 bits per heavy atom. The van der Waals surface area contributed by atoms with Crippen molar-refractivity contribution in [1.82, 2.24) is 9.88 Å². The van der Waals surface area contributed by atoms with Crippen molar-refractivity contribution in [2.45, 2.75) is 38.8 Å². The molecule has 178 valence electrons. The number of methoxy groups -OCH3 is 1. The van der Waals surface area contributed by atoms with Crippen molar-refractivity contribution in [1.29, 1.82) is 0 Å². The van der Waals surface area contributed by atoms with E-state index in [-0.39, 0.29) is 5.97 Å². The minimum Gasteiger partial charge on any atom is -0.466 e. The number of para-hydroxylation sites is 1. The van der Waals surface area contributed by atoms with Crippen molar-refractivity contribution in [3.05, 3.63) is 112 Å². The van der Waals surface area contributed by atoms with E-state index in [2.05, 4.69) is 89.7 Å². The Morgan fingerprint density at radius 1 is 1.11 bits per heavy atom. The number of benzene rings is 3. The average Bonchev–Trinajstić information content (AvgIpc) is 3.50. The fourth-order valence-corrected chi connectivity index (χ4v) is 5.21. The van der Waals surface area contributed by atoms with Gasteiger partial charge in [0, 0.05) is 42.3 Å². The quantitative estimate of drug-likeness (QED) is 0.243. The van der Waals surface area contributed by atoms with E-state index in [1.54, 1.807) is 0 Å². The number of hydrogen-bond donors (Lipinski definition) is 1. The second-order valence-corrected chi connectivity index (χ2v) is 9.43. The van der Waals surface area contributed by atoms with Crippen LogP contribution in [-0.2, 0) is 28.9 Å². The van der Waals surface area contributed by atoms with Gasteiger partial charge >= 0.3 is 5.97 Å². The molecule has 4 heteroatoms. The van der Waals surface area contributed by atoms with Gasteiger partial charge in [-0.25, -0.2) is 4.79 Å². The topological polar surface area (TPSA) is 45.3 Å². The number of ether oxygens (including phenoxy) is 1. The van der Waals surface area contributed by atoms with Crippen LogP contribution in [0.2, 0.25) is 0 Å². The Balaban J connectivity index is 1.39. The molecule has 4 aromatic rings. The summed E-state index contributed by atoms with van der Waals surface area (Å²) in [5, 5.41) is 1.32. The predicted octanol–water partition coefficient (Wildman–Crippen LogP) is 6.39. The first-order valence-electron chi connectivity index (χ1n) is 12.3. The zero-order valence-corrected chi connectivity index (χ0v) is 20.5. The van der Waals surface area contributed by atoms with Crippen molar-refractivity contribution in [2.75, 3.05) is 13.7 Å². The monoisotopic (exact) mass is 464 g/mol. The smallest absolute Gasteiger partial charge is 0.330 e. The lowest BCUT2D eigenvalue weighted by Crippen LogP contribution is -2.29. The van der Waals surface area contributed by atoms with Crippen LogP contribution in [0.4, 0.5) is 0 Å². The highest BCUT2D eigenvalue weighted by Gasteiger charge is 2.28. The van der Waals surface area contributed by atoms with Crippen molar-refractivity contribution in [3.63, 3.8) is 0 Å². The Morgan fingerprint density at radius 3 is 2.77 bits per heavy atom. The summed E-state index contributed by atoms with van der Waals surface area (Å²) in [5.41, 5.74) is 9.04. The van der Waals surface area contributed by atoms with Gasteiger partial charge in [-0.3, -0.25) is 4.90 Å².